The van der Waals surface area contributed by atoms with E-state index >= 15 is 0 Å². The maximum Gasteiger partial charge on any atom is 0.0671 e. The predicted molar refractivity (Wildman–Crippen MR) is 77.2 cm³/mol. The summed E-state index contributed by atoms with van der Waals surface area (Å²) in [5, 5.41) is -0.0406. The van der Waals surface area contributed by atoms with E-state index in [9.17, 15) is 0 Å². The summed E-state index contributed by atoms with van der Waals surface area (Å²) >= 11 is 6.66. The largest absolute Gasteiger partial charge is 0.261 e. The fourth-order valence-corrected chi connectivity index (χ4v) is 2.78. The fourth-order valence-electron chi connectivity index (χ4n) is 2.31. The minimum absolute atomic E-state index is 0.0406. The molecule has 0 radical (unpaired) electrons. The molecule has 0 N–H and O–H groups in total. The van der Waals surface area contributed by atoms with Gasteiger partial charge in [0, 0.05) is 17.8 Å². The van der Waals surface area contributed by atoms with Crippen molar-refractivity contribution in [2.75, 3.05) is 0 Å². The van der Waals surface area contributed by atoms with E-state index in [4.69, 9.17) is 11.6 Å². The molecule has 2 heteroatoms. The molecule has 1 heterocycles. The van der Waals surface area contributed by atoms with Gasteiger partial charge in [0.15, 0.2) is 0 Å². The zero-order valence-electron chi connectivity index (χ0n) is 11.0. The molecular formula is C16H18ClN. The maximum absolute atomic E-state index is 6.66. The number of pyridine rings is 1. The molecule has 0 aliphatic heterocycles. The van der Waals surface area contributed by atoms with Gasteiger partial charge in [-0.15, -0.1) is 11.6 Å². The molecule has 0 amide bonds. The van der Waals surface area contributed by atoms with E-state index < -0.39 is 0 Å². The number of alkyl halides is 1. The zero-order valence-corrected chi connectivity index (χ0v) is 11.8. The quantitative estimate of drug-likeness (QED) is 0.723. The highest BCUT2D eigenvalue weighted by Gasteiger charge is 2.22. The molecule has 2 atom stereocenters. The predicted octanol–water partition coefficient (Wildman–Crippen LogP) is 4.78. The first kappa shape index (κ1) is 13.1. The zero-order chi connectivity index (χ0) is 13.1. The van der Waals surface area contributed by atoms with Crippen LogP contribution in [0, 0.1) is 13.8 Å². The Morgan fingerprint density at radius 2 is 1.67 bits per heavy atom. The van der Waals surface area contributed by atoms with Crippen molar-refractivity contribution >= 4 is 11.6 Å². The summed E-state index contributed by atoms with van der Waals surface area (Å²) < 4.78 is 0. The molecule has 0 saturated carbocycles. The van der Waals surface area contributed by atoms with Crippen LogP contribution in [0.2, 0.25) is 0 Å². The maximum atomic E-state index is 6.66. The van der Waals surface area contributed by atoms with Crippen LogP contribution in [0.5, 0.6) is 0 Å². The number of aromatic nitrogens is 1. The van der Waals surface area contributed by atoms with Crippen LogP contribution in [0.25, 0.3) is 0 Å². The summed E-state index contributed by atoms with van der Waals surface area (Å²) in [7, 11) is 0. The van der Waals surface area contributed by atoms with Gasteiger partial charge < -0.3 is 0 Å². The Balaban J connectivity index is 2.34. The van der Waals surface area contributed by atoms with E-state index in [0.717, 1.165) is 5.69 Å². The Morgan fingerprint density at radius 3 is 2.22 bits per heavy atom. The van der Waals surface area contributed by atoms with Gasteiger partial charge in [0.2, 0.25) is 0 Å². The molecule has 0 saturated heterocycles. The van der Waals surface area contributed by atoms with Crippen molar-refractivity contribution in [1.29, 1.82) is 0 Å². The van der Waals surface area contributed by atoms with Crippen molar-refractivity contribution in [2.45, 2.75) is 32.1 Å². The summed E-state index contributed by atoms with van der Waals surface area (Å²) in [4.78, 5) is 4.40. The lowest BCUT2D eigenvalue weighted by Crippen LogP contribution is -2.07. The molecular weight excluding hydrogens is 242 g/mol. The van der Waals surface area contributed by atoms with E-state index in [1.807, 2.05) is 24.4 Å². The lowest BCUT2D eigenvalue weighted by Gasteiger charge is -2.21. The van der Waals surface area contributed by atoms with E-state index in [-0.39, 0.29) is 11.3 Å². The second kappa shape index (κ2) is 5.53. The molecule has 0 spiro atoms. The highest BCUT2D eigenvalue weighted by Crippen LogP contribution is 2.38. The highest BCUT2D eigenvalue weighted by molar-refractivity contribution is 6.21. The second-order valence-corrected chi connectivity index (χ2v) is 5.22. The third kappa shape index (κ3) is 2.56. The molecule has 2 rings (SSSR count). The molecule has 18 heavy (non-hydrogen) atoms. The SMILES string of the molecule is Cc1cccc(C)c1C(Cl)C(C)c1ccccn1. The summed E-state index contributed by atoms with van der Waals surface area (Å²) in [5.74, 6) is 0.202. The Kier molecular flexibility index (Phi) is 4.03. The van der Waals surface area contributed by atoms with Gasteiger partial charge in [-0.2, -0.15) is 0 Å². The van der Waals surface area contributed by atoms with Gasteiger partial charge in [-0.05, 0) is 42.7 Å². The van der Waals surface area contributed by atoms with E-state index in [1.54, 1.807) is 0 Å². The van der Waals surface area contributed by atoms with Crippen molar-refractivity contribution in [3.8, 4) is 0 Å². The number of aryl methyl sites for hydroxylation is 2. The van der Waals surface area contributed by atoms with Crippen molar-refractivity contribution in [1.82, 2.24) is 4.98 Å². The van der Waals surface area contributed by atoms with Gasteiger partial charge in [-0.25, -0.2) is 0 Å². The number of nitrogens with zero attached hydrogens (tertiary/aromatic N) is 1. The van der Waals surface area contributed by atoms with Gasteiger partial charge in [0.05, 0.1) is 5.38 Å². The van der Waals surface area contributed by atoms with Gasteiger partial charge in [-0.1, -0.05) is 31.2 Å². The molecule has 0 fully saturated rings. The third-order valence-electron chi connectivity index (χ3n) is 3.41. The van der Waals surface area contributed by atoms with E-state index in [1.165, 1.54) is 16.7 Å². The monoisotopic (exact) mass is 259 g/mol. The molecule has 0 bridgehead atoms. The smallest absolute Gasteiger partial charge is 0.0671 e. The third-order valence-corrected chi connectivity index (χ3v) is 4.01. The van der Waals surface area contributed by atoms with Crippen LogP contribution in [0.15, 0.2) is 42.6 Å². The number of halogens is 1. The average molecular weight is 260 g/mol. The number of benzene rings is 1. The topological polar surface area (TPSA) is 12.9 Å². The van der Waals surface area contributed by atoms with E-state index in [2.05, 4.69) is 44.0 Å². The van der Waals surface area contributed by atoms with Crippen LogP contribution >= 0.6 is 11.6 Å². The van der Waals surface area contributed by atoms with Crippen LogP contribution in [0.3, 0.4) is 0 Å². The van der Waals surface area contributed by atoms with E-state index in [0.29, 0.717) is 0 Å². The number of hydrogen-bond donors (Lipinski definition) is 0. The van der Waals surface area contributed by atoms with Crippen LogP contribution < -0.4 is 0 Å². The summed E-state index contributed by atoms with van der Waals surface area (Å²) in [5.41, 5.74) is 4.77. The molecule has 1 nitrogen and oxygen atoms in total. The minimum atomic E-state index is -0.0406. The van der Waals surface area contributed by atoms with Crippen molar-refractivity contribution < 1.29 is 0 Å². The van der Waals surface area contributed by atoms with Crippen molar-refractivity contribution in [3.63, 3.8) is 0 Å². The summed E-state index contributed by atoms with van der Waals surface area (Å²) in [6.45, 7) is 6.36. The standard InChI is InChI=1S/C16H18ClN/c1-11-7-6-8-12(2)15(11)16(17)13(3)14-9-4-5-10-18-14/h4-10,13,16H,1-3H3. The Hall–Kier alpha value is -1.34. The molecule has 1 aromatic heterocycles. The van der Waals surface area contributed by atoms with Crippen LogP contribution in [-0.4, -0.2) is 4.98 Å². The molecule has 2 aromatic rings. The summed E-state index contributed by atoms with van der Waals surface area (Å²) in [6.07, 6.45) is 1.82. The van der Waals surface area contributed by atoms with Gasteiger partial charge in [0.1, 0.15) is 0 Å². The van der Waals surface area contributed by atoms with Gasteiger partial charge >= 0.3 is 0 Å². The Morgan fingerprint density at radius 1 is 1.00 bits per heavy atom. The van der Waals surface area contributed by atoms with Gasteiger partial charge in [0.25, 0.3) is 0 Å². The molecule has 94 valence electrons. The number of hydrogen-bond acceptors (Lipinski definition) is 1. The first-order valence-electron chi connectivity index (χ1n) is 6.22. The van der Waals surface area contributed by atoms with Crippen LogP contribution in [-0.2, 0) is 0 Å². The number of rotatable bonds is 3. The lowest BCUT2D eigenvalue weighted by molar-refractivity contribution is 0.700. The summed E-state index contributed by atoms with van der Waals surface area (Å²) in [6, 6.07) is 12.3. The Labute approximate surface area is 114 Å². The van der Waals surface area contributed by atoms with Crippen molar-refractivity contribution in [3.05, 3.63) is 65.0 Å². The molecule has 0 aliphatic rings. The first-order valence-corrected chi connectivity index (χ1v) is 6.66. The second-order valence-electron chi connectivity index (χ2n) is 4.75. The highest BCUT2D eigenvalue weighted by atomic mass is 35.5. The lowest BCUT2D eigenvalue weighted by atomic mass is 9.91. The van der Waals surface area contributed by atoms with Crippen molar-refractivity contribution in [2.24, 2.45) is 0 Å². The fraction of sp³-hybridized carbons (Fsp3) is 0.312. The molecule has 0 aliphatic carbocycles. The van der Waals surface area contributed by atoms with Gasteiger partial charge in [-0.3, -0.25) is 4.98 Å². The van der Waals surface area contributed by atoms with Crippen LogP contribution in [0.1, 0.15) is 40.6 Å². The average Bonchev–Trinajstić information content (AvgIpc) is 2.38. The minimum Gasteiger partial charge on any atom is -0.261 e. The molecule has 2 unspecified atom stereocenters. The molecule has 1 aromatic carbocycles. The normalized spacial score (nSPS) is 14.2. The van der Waals surface area contributed by atoms with Crippen LogP contribution in [0.4, 0.5) is 0 Å². The first-order chi connectivity index (χ1) is 8.61. The Bertz CT molecular complexity index is 502.